The van der Waals surface area contributed by atoms with E-state index in [1.54, 1.807) is 21.3 Å². The summed E-state index contributed by atoms with van der Waals surface area (Å²) in [4.78, 5) is 11.5. The van der Waals surface area contributed by atoms with E-state index in [4.69, 9.17) is 19.9 Å². The van der Waals surface area contributed by atoms with Gasteiger partial charge in [0.1, 0.15) is 23.3 Å². The fourth-order valence-electron chi connectivity index (χ4n) is 2.62. The normalized spacial score (nSPS) is 14.6. The van der Waals surface area contributed by atoms with Crippen LogP contribution in [0.15, 0.2) is 12.1 Å². The van der Waals surface area contributed by atoms with Crippen molar-refractivity contribution in [3.8, 4) is 17.2 Å². The Labute approximate surface area is 137 Å². The van der Waals surface area contributed by atoms with E-state index in [0.717, 1.165) is 5.56 Å². The van der Waals surface area contributed by atoms with Crippen LogP contribution in [0.3, 0.4) is 0 Å². The van der Waals surface area contributed by atoms with Crippen molar-refractivity contribution >= 4 is 5.97 Å². The predicted octanol–water partition coefficient (Wildman–Crippen LogP) is 2.34. The number of ether oxygens (including phenoxy) is 4. The van der Waals surface area contributed by atoms with Gasteiger partial charge in [-0.3, -0.25) is 4.79 Å². The Morgan fingerprint density at radius 1 is 1.04 bits per heavy atom. The molecule has 0 aromatic heterocycles. The van der Waals surface area contributed by atoms with Crippen LogP contribution in [0.5, 0.6) is 17.2 Å². The first kappa shape index (κ1) is 19.1. The maximum Gasteiger partial charge on any atom is 0.322 e. The smallest absolute Gasteiger partial charge is 0.322 e. The number of hydrogen-bond donors (Lipinski definition) is 1. The summed E-state index contributed by atoms with van der Waals surface area (Å²) in [7, 11) is 6.14. The minimum absolute atomic E-state index is 0.0708. The van der Waals surface area contributed by atoms with Crippen LogP contribution in [0, 0.1) is 5.92 Å². The maximum absolute atomic E-state index is 11.5. The third kappa shape index (κ3) is 4.51. The molecule has 0 radical (unpaired) electrons. The molecule has 6 heteroatoms. The zero-order valence-electron chi connectivity index (χ0n) is 14.7. The SMILES string of the molecule is COC(=O)C(N)CC(C)C(C)c1c(OC)cc(OC)cc1OC. The van der Waals surface area contributed by atoms with Gasteiger partial charge < -0.3 is 24.7 Å². The number of carbonyl (C=O) groups is 1. The molecule has 0 saturated heterocycles. The summed E-state index contributed by atoms with van der Waals surface area (Å²) in [5.41, 5.74) is 6.81. The standard InChI is InChI=1S/C17H27NO5/c1-10(7-13(18)17(19)23-6)11(2)16-14(21-4)8-12(20-3)9-15(16)22-5/h8-11,13H,7,18H2,1-6H3. The minimum Gasteiger partial charge on any atom is -0.496 e. The van der Waals surface area contributed by atoms with Crippen LogP contribution in [0.1, 0.15) is 31.7 Å². The highest BCUT2D eigenvalue weighted by molar-refractivity contribution is 5.75. The second kappa shape index (κ2) is 8.62. The van der Waals surface area contributed by atoms with E-state index in [1.807, 2.05) is 19.1 Å². The van der Waals surface area contributed by atoms with Gasteiger partial charge in [-0.25, -0.2) is 0 Å². The zero-order valence-corrected chi connectivity index (χ0v) is 14.7. The second-order valence-electron chi connectivity index (χ2n) is 5.58. The van der Waals surface area contributed by atoms with E-state index in [1.165, 1.54) is 7.11 Å². The Bertz CT molecular complexity index is 507. The van der Waals surface area contributed by atoms with Gasteiger partial charge in [0.25, 0.3) is 0 Å². The first-order chi connectivity index (χ1) is 10.9. The van der Waals surface area contributed by atoms with E-state index in [0.29, 0.717) is 23.7 Å². The van der Waals surface area contributed by atoms with Crippen LogP contribution >= 0.6 is 0 Å². The average molecular weight is 325 g/mol. The molecule has 0 amide bonds. The molecule has 0 aliphatic heterocycles. The van der Waals surface area contributed by atoms with Crippen LogP contribution < -0.4 is 19.9 Å². The minimum atomic E-state index is -0.646. The number of methoxy groups -OCH3 is 4. The van der Waals surface area contributed by atoms with Crippen molar-refractivity contribution in [2.45, 2.75) is 32.2 Å². The van der Waals surface area contributed by atoms with Crippen molar-refractivity contribution in [3.05, 3.63) is 17.7 Å². The van der Waals surface area contributed by atoms with Crippen molar-refractivity contribution in [3.63, 3.8) is 0 Å². The van der Waals surface area contributed by atoms with Crippen molar-refractivity contribution in [1.29, 1.82) is 0 Å². The lowest BCUT2D eigenvalue weighted by atomic mass is 9.83. The molecule has 3 atom stereocenters. The number of benzene rings is 1. The Morgan fingerprint density at radius 3 is 1.96 bits per heavy atom. The third-order valence-corrected chi connectivity index (χ3v) is 4.19. The molecule has 23 heavy (non-hydrogen) atoms. The molecule has 1 aromatic rings. The molecule has 0 aliphatic carbocycles. The van der Waals surface area contributed by atoms with Crippen LogP contribution in [0.2, 0.25) is 0 Å². The van der Waals surface area contributed by atoms with Gasteiger partial charge in [0, 0.05) is 17.7 Å². The average Bonchev–Trinajstić information content (AvgIpc) is 2.58. The quantitative estimate of drug-likeness (QED) is 0.739. The van der Waals surface area contributed by atoms with Gasteiger partial charge in [-0.05, 0) is 18.3 Å². The molecule has 1 aromatic carbocycles. The van der Waals surface area contributed by atoms with E-state index >= 15 is 0 Å². The Hall–Kier alpha value is -1.95. The zero-order chi connectivity index (χ0) is 17.6. The molecule has 0 heterocycles. The Balaban J connectivity index is 3.10. The van der Waals surface area contributed by atoms with Gasteiger partial charge in [-0.1, -0.05) is 13.8 Å². The summed E-state index contributed by atoms with van der Waals surface area (Å²) >= 11 is 0. The van der Waals surface area contributed by atoms with Crippen LogP contribution in [-0.2, 0) is 9.53 Å². The van der Waals surface area contributed by atoms with Crippen molar-refractivity contribution in [2.24, 2.45) is 11.7 Å². The van der Waals surface area contributed by atoms with Gasteiger partial charge in [0.05, 0.1) is 28.4 Å². The lowest BCUT2D eigenvalue weighted by molar-refractivity contribution is -0.142. The predicted molar refractivity (Wildman–Crippen MR) is 88.3 cm³/mol. The molecule has 0 bridgehead atoms. The number of carbonyl (C=O) groups excluding carboxylic acids is 1. The number of hydrogen-bond acceptors (Lipinski definition) is 6. The van der Waals surface area contributed by atoms with Crippen LogP contribution in [-0.4, -0.2) is 40.5 Å². The fraction of sp³-hybridized carbons (Fsp3) is 0.588. The topological polar surface area (TPSA) is 80.0 Å². The lowest BCUT2D eigenvalue weighted by Gasteiger charge is -2.26. The Kier molecular flexibility index (Phi) is 7.16. The number of esters is 1. The highest BCUT2D eigenvalue weighted by Gasteiger charge is 2.27. The molecular weight excluding hydrogens is 298 g/mol. The first-order valence-electron chi connectivity index (χ1n) is 7.52. The molecule has 3 unspecified atom stereocenters. The van der Waals surface area contributed by atoms with Gasteiger partial charge in [0.2, 0.25) is 0 Å². The summed E-state index contributed by atoms with van der Waals surface area (Å²) in [5.74, 6) is 1.83. The van der Waals surface area contributed by atoms with Crippen molar-refractivity contribution in [2.75, 3.05) is 28.4 Å². The molecular formula is C17H27NO5. The molecule has 2 N–H and O–H groups in total. The Morgan fingerprint density at radius 2 is 1.57 bits per heavy atom. The molecule has 6 nitrogen and oxygen atoms in total. The number of nitrogens with two attached hydrogens (primary N) is 1. The maximum atomic E-state index is 11.5. The monoisotopic (exact) mass is 325 g/mol. The summed E-state index contributed by atoms with van der Waals surface area (Å²) in [6.45, 7) is 4.10. The molecule has 1 rings (SSSR count). The van der Waals surface area contributed by atoms with Crippen LogP contribution in [0.4, 0.5) is 0 Å². The fourth-order valence-corrected chi connectivity index (χ4v) is 2.62. The molecule has 130 valence electrons. The molecule has 0 saturated carbocycles. The van der Waals surface area contributed by atoms with Crippen molar-refractivity contribution < 1.29 is 23.7 Å². The van der Waals surface area contributed by atoms with Gasteiger partial charge in [0.15, 0.2) is 0 Å². The second-order valence-corrected chi connectivity index (χ2v) is 5.58. The van der Waals surface area contributed by atoms with E-state index in [2.05, 4.69) is 11.7 Å². The summed E-state index contributed by atoms with van der Waals surface area (Å²) in [6.07, 6.45) is 0.506. The van der Waals surface area contributed by atoms with E-state index in [9.17, 15) is 4.79 Å². The molecule has 0 fully saturated rings. The third-order valence-electron chi connectivity index (χ3n) is 4.19. The summed E-state index contributed by atoms with van der Waals surface area (Å²) < 4.78 is 20.9. The van der Waals surface area contributed by atoms with Gasteiger partial charge in [-0.15, -0.1) is 0 Å². The van der Waals surface area contributed by atoms with E-state index in [-0.39, 0.29) is 11.8 Å². The van der Waals surface area contributed by atoms with E-state index < -0.39 is 12.0 Å². The van der Waals surface area contributed by atoms with Crippen LogP contribution in [0.25, 0.3) is 0 Å². The molecule has 0 aliphatic rings. The molecule has 0 spiro atoms. The summed E-state index contributed by atoms with van der Waals surface area (Å²) in [6, 6.07) is 3.00. The summed E-state index contributed by atoms with van der Waals surface area (Å²) in [5, 5.41) is 0. The number of rotatable bonds is 8. The lowest BCUT2D eigenvalue weighted by Crippen LogP contribution is -2.34. The van der Waals surface area contributed by atoms with Crippen molar-refractivity contribution in [1.82, 2.24) is 0 Å². The highest BCUT2D eigenvalue weighted by Crippen LogP contribution is 2.42. The highest BCUT2D eigenvalue weighted by atomic mass is 16.5. The first-order valence-corrected chi connectivity index (χ1v) is 7.52. The van der Waals surface area contributed by atoms with Gasteiger partial charge in [-0.2, -0.15) is 0 Å². The van der Waals surface area contributed by atoms with Gasteiger partial charge >= 0.3 is 5.97 Å². The largest absolute Gasteiger partial charge is 0.496 e.